The van der Waals surface area contributed by atoms with E-state index < -0.39 is 38.9 Å². The molecule has 0 saturated carbocycles. The third-order valence-electron chi connectivity index (χ3n) is 1.10. The van der Waals surface area contributed by atoms with Crippen LogP contribution in [0.3, 0.4) is 0 Å². The molecular weight excluding hydrogens is 273 g/mol. The summed E-state index contributed by atoms with van der Waals surface area (Å²) in [6.45, 7) is -1.45. The zero-order valence-electron chi connectivity index (χ0n) is 7.38. The summed E-state index contributed by atoms with van der Waals surface area (Å²) >= 11 is 0. The predicted molar refractivity (Wildman–Crippen MR) is 43.8 cm³/mol. The Hall–Kier alpha value is -0.431. The standard InChI is InChI=1S/C5H10NO7P.Fe/c7-4(8)1-6(2-5(9)10)3-14(11,12)13;/h1-3H2,(H,7,8)(H,9,10)(H2,11,12,13);/q;+2. The van der Waals surface area contributed by atoms with Gasteiger partial charge in [0.2, 0.25) is 0 Å². The number of carbonyl (C=O) groups is 2. The van der Waals surface area contributed by atoms with Gasteiger partial charge in [-0.15, -0.1) is 0 Å². The maximum Gasteiger partial charge on any atom is 2.00 e. The molecule has 10 heteroatoms. The maximum atomic E-state index is 10.5. The van der Waals surface area contributed by atoms with Gasteiger partial charge in [0.05, 0.1) is 13.1 Å². The molecule has 0 heterocycles. The molecule has 4 N–H and O–H groups in total. The quantitative estimate of drug-likeness (QED) is 0.345. The Bertz CT molecular complexity index is 261. The van der Waals surface area contributed by atoms with Gasteiger partial charge in [-0.25, -0.2) is 0 Å². The first-order valence-corrected chi connectivity index (χ1v) is 5.21. The van der Waals surface area contributed by atoms with Gasteiger partial charge in [-0.3, -0.25) is 19.1 Å². The summed E-state index contributed by atoms with van der Waals surface area (Å²) in [6.07, 6.45) is -0.883. The van der Waals surface area contributed by atoms with Gasteiger partial charge < -0.3 is 20.0 Å². The van der Waals surface area contributed by atoms with Gasteiger partial charge in [0.1, 0.15) is 6.29 Å². The van der Waals surface area contributed by atoms with E-state index in [1.807, 2.05) is 0 Å². The summed E-state index contributed by atoms with van der Waals surface area (Å²) in [5.41, 5.74) is 0. The van der Waals surface area contributed by atoms with E-state index in [9.17, 15) is 14.2 Å². The van der Waals surface area contributed by atoms with Crippen molar-refractivity contribution in [3.8, 4) is 0 Å². The summed E-state index contributed by atoms with van der Waals surface area (Å²) < 4.78 is 10.5. The molecule has 0 saturated heterocycles. The zero-order valence-corrected chi connectivity index (χ0v) is 9.38. The van der Waals surface area contributed by atoms with E-state index in [1.165, 1.54) is 0 Å². The minimum absolute atomic E-state index is 0. The third-order valence-corrected chi connectivity index (χ3v) is 1.87. The van der Waals surface area contributed by atoms with Gasteiger partial charge in [0.15, 0.2) is 0 Å². The number of aliphatic carboxylic acids is 2. The van der Waals surface area contributed by atoms with Crippen molar-refractivity contribution in [2.24, 2.45) is 0 Å². The minimum Gasteiger partial charge on any atom is -0.480 e. The Labute approximate surface area is 95.5 Å². The molecule has 0 fully saturated rings. The summed E-state index contributed by atoms with van der Waals surface area (Å²) in [7, 11) is -4.44. The van der Waals surface area contributed by atoms with Crippen molar-refractivity contribution >= 4 is 19.5 Å². The molecule has 0 radical (unpaired) electrons. The Morgan fingerprint density at radius 2 is 1.40 bits per heavy atom. The second-order valence-electron chi connectivity index (χ2n) is 2.58. The Balaban J connectivity index is 0. The van der Waals surface area contributed by atoms with Gasteiger partial charge in [0, 0.05) is 0 Å². The topological polar surface area (TPSA) is 135 Å². The van der Waals surface area contributed by atoms with Crippen LogP contribution >= 0.6 is 7.60 Å². The average Bonchev–Trinajstić information content (AvgIpc) is 1.77. The molecular formula is C5H10FeNO7P+2. The molecule has 0 aliphatic heterocycles. The van der Waals surface area contributed by atoms with Crippen LogP contribution in [0.15, 0.2) is 0 Å². The van der Waals surface area contributed by atoms with E-state index in [0.717, 1.165) is 0 Å². The fourth-order valence-corrected chi connectivity index (χ4v) is 1.52. The second-order valence-corrected chi connectivity index (χ2v) is 4.19. The molecule has 0 rings (SSSR count). The minimum atomic E-state index is -4.44. The first kappa shape index (κ1) is 17.0. The van der Waals surface area contributed by atoms with Crippen molar-refractivity contribution in [3.05, 3.63) is 0 Å². The van der Waals surface area contributed by atoms with Gasteiger partial charge in [-0.1, -0.05) is 0 Å². The molecule has 88 valence electrons. The van der Waals surface area contributed by atoms with Crippen molar-refractivity contribution in [1.82, 2.24) is 4.90 Å². The van der Waals surface area contributed by atoms with E-state index in [0.29, 0.717) is 4.90 Å². The number of hydrogen-bond donors (Lipinski definition) is 4. The Kier molecular flexibility index (Phi) is 7.86. The van der Waals surface area contributed by atoms with E-state index in [2.05, 4.69) is 0 Å². The Morgan fingerprint density at radius 3 is 1.60 bits per heavy atom. The van der Waals surface area contributed by atoms with Crippen LogP contribution in [0.5, 0.6) is 0 Å². The van der Waals surface area contributed by atoms with E-state index in [4.69, 9.17) is 20.0 Å². The van der Waals surface area contributed by atoms with Crippen LogP contribution in [0.4, 0.5) is 0 Å². The van der Waals surface area contributed by atoms with Crippen molar-refractivity contribution < 1.29 is 51.2 Å². The molecule has 0 aliphatic carbocycles. The summed E-state index contributed by atoms with van der Waals surface area (Å²) in [6, 6.07) is 0. The first-order chi connectivity index (χ1) is 6.20. The monoisotopic (exact) mass is 283 g/mol. The summed E-state index contributed by atoms with van der Waals surface area (Å²) in [5, 5.41) is 16.6. The smallest absolute Gasteiger partial charge is 0.480 e. The second kappa shape index (κ2) is 6.95. The van der Waals surface area contributed by atoms with Gasteiger partial charge >= 0.3 is 36.6 Å². The fourth-order valence-electron chi connectivity index (χ4n) is 0.799. The molecule has 8 nitrogen and oxygen atoms in total. The average molecular weight is 283 g/mol. The number of carboxylic acids is 2. The van der Waals surface area contributed by atoms with Crippen LogP contribution in [0.25, 0.3) is 0 Å². The molecule has 0 aromatic rings. The van der Waals surface area contributed by atoms with E-state index >= 15 is 0 Å². The number of rotatable bonds is 6. The predicted octanol–water partition coefficient (Wildman–Crippen LogP) is -1.41. The normalized spacial score (nSPS) is 10.9. The molecule has 15 heavy (non-hydrogen) atoms. The molecule has 0 unspecified atom stereocenters. The molecule has 0 bridgehead atoms. The first-order valence-electron chi connectivity index (χ1n) is 3.41. The van der Waals surface area contributed by atoms with Crippen molar-refractivity contribution in [2.75, 3.05) is 19.4 Å². The molecule has 0 aromatic heterocycles. The van der Waals surface area contributed by atoms with Crippen LogP contribution in [-0.4, -0.2) is 56.2 Å². The Morgan fingerprint density at radius 1 is 1.07 bits per heavy atom. The van der Waals surface area contributed by atoms with Crippen LogP contribution < -0.4 is 0 Å². The number of nitrogens with zero attached hydrogens (tertiary/aromatic N) is 1. The van der Waals surface area contributed by atoms with Crippen molar-refractivity contribution in [1.29, 1.82) is 0 Å². The number of hydrogen-bond acceptors (Lipinski definition) is 4. The molecule has 0 aliphatic rings. The maximum absolute atomic E-state index is 10.5. The molecule has 0 aromatic carbocycles. The fraction of sp³-hybridized carbons (Fsp3) is 0.600. The van der Waals surface area contributed by atoms with E-state index in [-0.39, 0.29) is 17.1 Å². The van der Waals surface area contributed by atoms with Crippen LogP contribution in [0, 0.1) is 0 Å². The van der Waals surface area contributed by atoms with Crippen LogP contribution in [0.1, 0.15) is 0 Å². The van der Waals surface area contributed by atoms with Crippen LogP contribution in [-0.2, 0) is 31.2 Å². The van der Waals surface area contributed by atoms with Gasteiger partial charge in [-0.05, 0) is 0 Å². The number of carboxylic acid groups (broad SMARTS) is 2. The zero-order chi connectivity index (χ0) is 11.4. The van der Waals surface area contributed by atoms with E-state index in [1.54, 1.807) is 0 Å². The summed E-state index contributed by atoms with van der Waals surface area (Å²) in [5.74, 6) is -2.70. The SMILES string of the molecule is O=C(O)CN(CC(=O)O)CP(=O)(O)O.[Fe+2]. The van der Waals surface area contributed by atoms with Crippen molar-refractivity contribution in [2.45, 2.75) is 0 Å². The van der Waals surface area contributed by atoms with Crippen molar-refractivity contribution in [3.63, 3.8) is 0 Å². The van der Waals surface area contributed by atoms with Gasteiger partial charge in [0.25, 0.3) is 0 Å². The van der Waals surface area contributed by atoms with Crippen LogP contribution in [0.2, 0.25) is 0 Å². The molecule has 0 atom stereocenters. The largest absolute Gasteiger partial charge is 2.00 e. The molecule has 0 spiro atoms. The third kappa shape index (κ3) is 11.5. The summed E-state index contributed by atoms with van der Waals surface area (Å²) in [4.78, 5) is 38.0. The van der Waals surface area contributed by atoms with Gasteiger partial charge in [-0.2, -0.15) is 0 Å². The molecule has 0 amide bonds.